The second kappa shape index (κ2) is 4.74. The van der Waals surface area contributed by atoms with Crippen LogP contribution in [0, 0.1) is 23.2 Å². The third kappa shape index (κ3) is 2.06. The fourth-order valence-corrected chi connectivity index (χ4v) is 4.27. The largest absolute Gasteiger partial charge is 0.392 e. The molecular formula is C15H26O2. The summed E-state index contributed by atoms with van der Waals surface area (Å²) in [6, 6.07) is 0. The van der Waals surface area contributed by atoms with Crippen LogP contribution < -0.4 is 0 Å². The first-order chi connectivity index (χ1) is 8.01. The molecule has 2 nitrogen and oxygen atoms in total. The SMILES string of the molecule is CC(C)C1CCC(C)C12CC=C(CO)C(O)C2. The summed E-state index contributed by atoms with van der Waals surface area (Å²) in [5, 5.41) is 19.4. The number of aliphatic hydroxyl groups excluding tert-OH is 2. The molecule has 2 heteroatoms. The van der Waals surface area contributed by atoms with Crippen molar-refractivity contribution in [3.8, 4) is 0 Å². The minimum Gasteiger partial charge on any atom is -0.392 e. The molecule has 0 aromatic carbocycles. The zero-order chi connectivity index (χ0) is 12.6. The molecule has 0 heterocycles. The molecule has 0 bridgehead atoms. The van der Waals surface area contributed by atoms with Gasteiger partial charge < -0.3 is 10.2 Å². The lowest BCUT2D eigenvalue weighted by molar-refractivity contribution is 0.0280. The summed E-state index contributed by atoms with van der Waals surface area (Å²) in [7, 11) is 0. The Morgan fingerprint density at radius 3 is 2.65 bits per heavy atom. The molecule has 17 heavy (non-hydrogen) atoms. The minimum atomic E-state index is -0.421. The van der Waals surface area contributed by atoms with Gasteiger partial charge in [-0.25, -0.2) is 0 Å². The lowest BCUT2D eigenvalue weighted by Crippen LogP contribution is -2.40. The zero-order valence-corrected chi connectivity index (χ0v) is 11.3. The van der Waals surface area contributed by atoms with Crippen LogP contribution in [0.15, 0.2) is 11.6 Å². The Hall–Kier alpha value is -0.340. The van der Waals surface area contributed by atoms with Gasteiger partial charge in [-0.05, 0) is 54.4 Å². The minimum absolute atomic E-state index is 0.0119. The van der Waals surface area contributed by atoms with Gasteiger partial charge in [0.05, 0.1) is 12.7 Å². The van der Waals surface area contributed by atoms with Gasteiger partial charge in [-0.3, -0.25) is 0 Å². The van der Waals surface area contributed by atoms with Crippen LogP contribution in [0.25, 0.3) is 0 Å². The Kier molecular flexibility index (Phi) is 3.65. The highest BCUT2D eigenvalue weighted by molar-refractivity contribution is 5.18. The van der Waals surface area contributed by atoms with Gasteiger partial charge in [-0.2, -0.15) is 0 Å². The Morgan fingerprint density at radius 1 is 1.41 bits per heavy atom. The van der Waals surface area contributed by atoms with Crippen molar-refractivity contribution in [2.45, 2.75) is 52.6 Å². The molecule has 1 saturated carbocycles. The average molecular weight is 238 g/mol. The van der Waals surface area contributed by atoms with E-state index in [4.69, 9.17) is 0 Å². The molecule has 0 saturated heterocycles. The lowest BCUT2D eigenvalue weighted by atomic mass is 9.61. The molecule has 2 N–H and O–H groups in total. The molecule has 1 spiro atoms. The molecule has 2 aliphatic carbocycles. The highest BCUT2D eigenvalue weighted by atomic mass is 16.3. The monoisotopic (exact) mass is 238 g/mol. The molecule has 1 fully saturated rings. The topological polar surface area (TPSA) is 40.5 Å². The van der Waals surface area contributed by atoms with Crippen LogP contribution in [0.1, 0.15) is 46.5 Å². The Bertz CT molecular complexity index is 308. The van der Waals surface area contributed by atoms with Crippen molar-refractivity contribution in [3.05, 3.63) is 11.6 Å². The quantitative estimate of drug-likeness (QED) is 0.726. The van der Waals surface area contributed by atoms with E-state index in [0.717, 1.165) is 24.3 Å². The van der Waals surface area contributed by atoms with Gasteiger partial charge in [0.25, 0.3) is 0 Å². The molecule has 0 aromatic heterocycles. The van der Waals surface area contributed by atoms with Gasteiger partial charge in [-0.15, -0.1) is 0 Å². The summed E-state index contributed by atoms with van der Waals surface area (Å²) in [6.07, 6.45) is 6.17. The predicted octanol–water partition coefficient (Wildman–Crippen LogP) is 2.75. The fraction of sp³-hybridized carbons (Fsp3) is 0.867. The highest BCUT2D eigenvalue weighted by Gasteiger charge is 2.50. The Balaban J connectivity index is 2.26. The molecule has 0 amide bonds. The molecule has 0 radical (unpaired) electrons. The van der Waals surface area contributed by atoms with E-state index in [0.29, 0.717) is 11.8 Å². The molecule has 0 aromatic rings. The van der Waals surface area contributed by atoms with Gasteiger partial charge in [0.2, 0.25) is 0 Å². The van der Waals surface area contributed by atoms with E-state index in [9.17, 15) is 10.2 Å². The van der Waals surface area contributed by atoms with E-state index in [2.05, 4.69) is 26.8 Å². The van der Waals surface area contributed by atoms with Crippen LogP contribution in [-0.4, -0.2) is 22.9 Å². The number of rotatable bonds is 2. The first-order valence-electron chi connectivity index (χ1n) is 6.99. The van der Waals surface area contributed by atoms with E-state index in [1.807, 2.05) is 0 Å². The maximum absolute atomic E-state index is 10.2. The number of allylic oxidation sites excluding steroid dienone is 1. The van der Waals surface area contributed by atoms with E-state index in [1.165, 1.54) is 12.8 Å². The lowest BCUT2D eigenvalue weighted by Gasteiger charge is -2.45. The standard InChI is InChI=1S/C15H26O2/c1-10(2)13-5-4-11(3)15(13)7-6-12(9-16)14(17)8-15/h6,10-11,13-14,16-17H,4-5,7-9H2,1-3H3. The van der Waals surface area contributed by atoms with Gasteiger partial charge in [0.1, 0.15) is 0 Å². The van der Waals surface area contributed by atoms with Crippen molar-refractivity contribution in [1.29, 1.82) is 0 Å². The van der Waals surface area contributed by atoms with E-state index in [1.54, 1.807) is 0 Å². The zero-order valence-electron chi connectivity index (χ0n) is 11.3. The molecule has 2 rings (SSSR count). The van der Waals surface area contributed by atoms with Crippen molar-refractivity contribution in [1.82, 2.24) is 0 Å². The average Bonchev–Trinajstić information content (AvgIpc) is 2.57. The summed E-state index contributed by atoms with van der Waals surface area (Å²) >= 11 is 0. The summed E-state index contributed by atoms with van der Waals surface area (Å²) in [5.41, 5.74) is 1.11. The first kappa shape index (κ1) is 13.1. The maximum Gasteiger partial charge on any atom is 0.0777 e. The first-order valence-corrected chi connectivity index (χ1v) is 6.99. The smallest absolute Gasteiger partial charge is 0.0777 e. The van der Waals surface area contributed by atoms with Gasteiger partial charge in [0, 0.05) is 0 Å². The normalized spacial score (nSPS) is 42.2. The molecular weight excluding hydrogens is 212 g/mol. The second-order valence-electron chi connectivity index (χ2n) is 6.42. The maximum atomic E-state index is 10.2. The highest BCUT2D eigenvalue weighted by Crippen LogP contribution is 2.57. The van der Waals surface area contributed by atoms with Gasteiger partial charge in [-0.1, -0.05) is 26.8 Å². The fourth-order valence-electron chi connectivity index (χ4n) is 4.27. The summed E-state index contributed by atoms with van der Waals surface area (Å²) < 4.78 is 0. The number of aliphatic hydroxyl groups is 2. The van der Waals surface area contributed by atoms with Crippen molar-refractivity contribution in [2.75, 3.05) is 6.61 Å². The summed E-state index contributed by atoms with van der Waals surface area (Å²) in [4.78, 5) is 0. The Morgan fingerprint density at radius 2 is 2.12 bits per heavy atom. The van der Waals surface area contributed by atoms with Crippen molar-refractivity contribution < 1.29 is 10.2 Å². The second-order valence-corrected chi connectivity index (χ2v) is 6.42. The summed E-state index contributed by atoms with van der Waals surface area (Å²) in [6.45, 7) is 6.97. The number of hydrogen-bond acceptors (Lipinski definition) is 2. The van der Waals surface area contributed by atoms with Crippen molar-refractivity contribution in [3.63, 3.8) is 0 Å². The molecule has 98 valence electrons. The van der Waals surface area contributed by atoms with Crippen LogP contribution in [0.2, 0.25) is 0 Å². The van der Waals surface area contributed by atoms with Crippen molar-refractivity contribution in [2.24, 2.45) is 23.2 Å². The van der Waals surface area contributed by atoms with Gasteiger partial charge >= 0.3 is 0 Å². The third-order valence-electron chi connectivity index (χ3n) is 5.36. The molecule has 4 atom stereocenters. The van der Waals surface area contributed by atoms with Crippen LogP contribution in [0.3, 0.4) is 0 Å². The van der Waals surface area contributed by atoms with Crippen molar-refractivity contribution >= 4 is 0 Å². The number of hydrogen-bond donors (Lipinski definition) is 2. The predicted molar refractivity (Wildman–Crippen MR) is 69.6 cm³/mol. The van der Waals surface area contributed by atoms with Crippen LogP contribution in [-0.2, 0) is 0 Å². The summed E-state index contributed by atoms with van der Waals surface area (Å²) in [5.74, 6) is 2.11. The van der Waals surface area contributed by atoms with Crippen LogP contribution in [0.5, 0.6) is 0 Å². The van der Waals surface area contributed by atoms with E-state index in [-0.39, 0.29) is 12.0 Å². The molecule has 4 unspecified atom stereocenters. The van der Waals surface area contributed by atoms with E-state index < -0.39 is 6.10 Å². The molecule has 2 aliphatic rings. The van der Waals surface area contributed by atoms with Crippen LogP contribution in [0.4, 0.5) is 0 Å². The third-order valence-corrected chi connectivity index (χ3v) is 5.36. The van der Waals surface area contributed by atoms with Gasteiger partial charge in [0.15, 0.2) is 0 Å². The Labute approximate surface area is 105 Å². The van der Waals surface area contributed by atoms with E-state index >= 15 is 0 Å². The molecule has 0 aliphatic heterocycles. The van der Waals surface area contributed by atoms with Crippen LogP contribution >= 0.6 is 0 Å².